The van der Waals surface area contributed by atoms with Gasteiger partial charge in [0.15, 0.2) is 0 Å². The molecule has 1 amide bonds. The van der Waals surface area contributed by atoms with E-state index in [-0.39, 0.29) is 5.91 Å². The third-order valence-corrected chi connectivity index (χ3v) is 6.13. The van der Waals surface area contributed by atoms with E-state index in [1.807, 2.05) is 29.2 Å². The normalized spacial score (nSPS) is 15.7. The van der Waals surface area contributed by atoms with E-state index in [4.69, 9.17) is 4.98 Å². The van der Waals surface area contributed by atoms with Gasteiger partial charge in [0.25, 0.3) is 0 Å². The van der Waals surface area contributed by atoms with Crippen LogP contribution in [0.4, 0.5) is 5.69 Å². The van der Waals surface area contributed by atoms with Crippen LogP contribution in [0.1, 0.15) is 41.6 Å². The number of carbonyl (C=O) groups is 1. The zero-order valence-electron chi connectivity index (χ0n) is 14.7. The van der Waals surface area contributed by atoms with Crippen molar-refractivity contribution in [3.63, 3.8) is 0 Å². The number of amides is 1. The molecule has 4 nitrogen and oxygen atoms in total. The number of rotatable bonds is 3. The standard InChI is InChI=1S/C21H21N3OS/c22-13-17-12-16-7-2-1-3-8-18(16)23-21(17)26-14-20(25)24-11-10-15-6-4-5-9-19(15)24/h4-6,9,12H,1-3,7-8,10-11,14H2. The Balaban J connectivity index is 1.50. The van der Waals surface area contributed by atoms with E-state index < -0.39 is 0 Å². The highest BCUT2D eigenvalue weighted by molar-refractivity contribution is 8.00. The number of aromatic nitrogens is 1. The predicted octanol–water partition coefficient (Wildman–Crippen LogP) is 3.90. The number of carbonyl (C=O) groups excluding carboxylic acids is 1. The van der Waals surface area contributed by atoms with Gasteiger partial charge in [-0.25, -0.2) is 4.98 Å². The lowest BCUT2D eigenvalue weighted by atomic mass is 10.1. The molecule has 1 aliphatic heterocycles. The molecular formula is C21H21N3OS. The molecule has 0 saturated heterocycles. The van der Waals surface area contributed by atoms with Crippen molar-refractivity contribution in [2.45, 2.75) is 43.6 Å². The lowest BCUT2D eigenvalue weighted by Crippen LogP contribution is -2.30. The molecule has 0 unspecified atom stereocenters. The number of pyridine rings is 1. The number of hydrogen-bond donors (Lipinski definition) is 0. The molecule has 0 saturated carbocycles. The summed E-state index contributed by atoms with van der Waals surface area (Å²) in [5.74, 6) is 0.398. The molecule has 132 valence electrons. The van der Waals surface area contributed by atoms with Gasteiger partial charge in [0, 0.05) is 17.9 Å². The predicted molar refractivity (Wildman–Crippen MR) is 103 cm³/mol. The van der Waals surface area contributed by atoms with Crippen LogP contribution in [0.3, 0.4) is 0 Å². The fraction of sp³-hybridized carbons (Fsp3) is 0.381. The van der Waals surface area contributed by atoms with E-state index in [0.717, 1.165) is 43.6 Å². The molecule has 0 spiro atoms. The molecule has 2 heterocycles. The molecule has 1 aromatic heterocycles. The summed E-state index contributed by atoms with van der Waals surface area (Å²) in [6.45, 7) is 0.738. The zero-order chi connectivity index (χ0) is 17.9. The summed E-state index contributed by atoms with van der Waals surface area (Å²) in [4.78, 5) is 19.3. The van der Waals surface area contributed by atoms with Crippen LogP contribution in [0.15, 0.2) is 35.4 Å². The Kier molecular flexibility index (Phi) is 4.94. The molecular weight excluding hydrogens is 342 g/mol. The van der Waals surface area contributed by atoms with Crippen molar-refractivity contribution < 1.29 is 4.79 Å². The monoisotopic (exact) mass is 363 g/mol. The van der Waals surface area contributed by atoms with Gasteiger partial charge in [0.2, 0.25) is 5.91 Å². The van der Waals surface area contributed by atoms with Crippen molar-refractivity contribution in [2.75, 3.05) is 17.2 Å². The Labute approximate surface area is 158 Å². The molecule has 0 N–H and O–H groups in total. The first-order valence-electron chi connectivity index (χ1n) is 9.20. The van der Waals surface area contributed by atoms with Gasteiger partial charge in [-0.1, -0.05) is 36.4 Å². The number of anilines is 1. The first kappa shape index (κ1) is 17.1. The largest absolute Gasteiger partial charge is 0.311 e. The number of aryl methyl sites for hydroxylation is 2. The molecule has 1 aromatic carbocycles. The lowest BCUT2D eigenvalue weighted by Gasteiger charge is -2.17. The highest BCUT2D eigenvalue weighted by atomic mass is 32.2. The van der Waals surface area contributed by atoms with Crippen LogP contribution >= 0.6 is 11.8 Å². The van der Waals surface area contributed by atoms with Crippen molar-refractivity contribution in [2.24, 2.45) is 0 Å². The highest BCUT2D eigenvalue weighted by Crippen LogP contribution is 2.30. The summed E-state index contributed by atoms with van der Waals surface area (Å²) >= 11 is 1.40. The van der Waals surface area contributed by atoms with Gasteiger partial charge in [-0.2, -0.15) is 5.26 Å². The minimum Gasteiger partial charge on any atom is -0.311 e. The molecule has 2 aliphatic rings. The van der Waals surface area contributed by atoms with E-state index in [2.05, 4.69) is 12.1 Å². The number of nitriles is 1. The third kappa shape index (κ3) is 3.34. The molecule has 0 bridgehead atoms. The van der Waals surface area contributed by atoms with Crippen molar-refractivity contribution >= 4 is 23.4 Å². The Morgan fingerprint density at radius 2 is 2.00 bits per heavy atom. The molecule has 0 radical (unpaired) electrons. The van der Waals surface area contributed by atoms with Gasteiger partial charge in [0.05, 0.1) is 11.3 Å². The summed E-state index contributed by atoms with van der Waals surface area (Å²) in [6, 6.07) is 12.3. The van der Waals surface area contributed by atoms with Crippen LogP contribution < -0.4 is 4.90 Å². The van der Waals surface area contributed by atoms with Crippen molar-refractivity contribution in [1.29, 1.82) is 5.26 Å². The van der Waals surface area contributed by atoms with Crippen LogP contribution in [-0.2, 0) is 24.1 Å². The quantitative estimate of drug-likeness (QED) is 0.613. The highest BCUT2D eigenvalue weighted by Gasteiger charge is 2.24. The Hall–Kier alpha value is -2.32. The molecule has 0 fully saturated rings. The van der Waals surface area contributed by atoms with E-state index in [1.54, 1.807) is 0 Å². The summed E-state index contributed by atoms with van der Waals surface area (Å²) in [5.41, 5.74) is 5.18. The summed E-state index contributed by atoms with van der Waals surface area (Å²) in [5, 5.41) is 10.2. The fourth-order valence-electron chi connectivity index (χ4n) is 3.79. The van der Waals surface area contributed by atoms with Gasteiger partial charge in [-0.3, -0.25) is 4.79 Å². The average Bonchev–Trinajstić information content (AvgIpc) is 2.97. The Bertz CT molecular complexity index is 887. The van der Waals surface area contributed by atoms with E-state index in [9.17, 15) is 10.1 Å². The number of thioether (sulfide) groups is 1. The number of hydrogen-bond acceptors (Lipinski definition) is 4. The average molecular weight is 363 g/mol. The maximum atomic E-state index is 12.7. The maximum absolute atomic E-state index is 12.7. The lowest BCUT2D eigenvalue weighted by molar-refractivity contribution is -0.116. The van der Waals surface area contributed by atoms with Gasteiger partial charge in [-0.15, -0.1) is 0 Å². The number of fused-ring (bicyclic) bond motifs is 2. The van der Waals surface area contributed by atoms with Gasteiger partial charge in [-0.05, 0) is 55.4 Å². The molecule has 5 heteroatoms. The summed E-state index contributed by atoms with van der Waals surface area (Å²) in [6.07, 6.45) is 6.42. The second-order valence-corrected chi connectivity index (χ2v) is 7.80. The van der Waals surface area contributed by atoms with Crippen LogP contribution in [0, 0.1) is 11.3 Å². The van der Waals surface area contributed by atoms with Crippen molar-refractivity contribution in [3.05, 3.63) is 52.7 Å². The van der Waals surface area contributed by atoms with Crippen LogP contribution in [0.5, 0.6) is 0 Å². The molecule has 4 rings (SSSR count). The second-order valence-electron chi connectivity index (χ2n) is 6.83. The molecule has 0 atom stereocenters. The van der Waals surface area contributed by atoms with Gasteiger partial charge in [0.1, 0.15) is 11.1 Å². The number of benzene rings is 1. The second kappa shape index (κ2) is 7.51. The molecule has 1 aliphatic carbocycles. The topological polar surface area (TPSA) is 57.0 Å². The van der Waals surface area contributed by atoms with Crippen LogP contribution in [0.2, 0.25) is 0 Å². The van der Waals surface area contributed by atoms with Crippen LogP contribution in [0.25, 0.3) is 0 Å². The minimum absolute atomic E-state index is 0.0839. The van der Waals surface area contributed by atoms with Crippen molar-refractivity contribution in [1.82, 2.24) is 4.98 Å². The van der Waals surface area contributed by atoms with E-state index >= 15 is 0 Å². The minimum atomic E-state index is 0.0839. The zero-order valence-corrected chi connectivity index (χ0v) is 15.5. The summed E-state index contributed by atoms with van der Waals surface area (Å²) in [7, 11) is 0. The molecule has 26 heavy (non-hydrogen) atoms. The first-order chi connectivity index (χ1) is 12.8. The SMILES string of the molecule is N#Cc1cc2c(nc1SCC(=O)N1CCc3ccccc31)CCCCC2. The van der Waals surface area contributed by atoms with Gasteiger partial charge >= 0.3 is 0 Å². The Morgan fingerprint density at radius 3 is 2.88 bits per heavy atom. The van der Waals surface area contributed by atoms with Crippen molar-refractivity contribution in [3.8, 4) is 6.07 Å². The Morgan fingerprint density at radius 1 is 1.15 bits per heavy atom. The van der Waals surface area contributed by atoms with E-state index in [0.29, 0.717) is 16.3 Å². The number of para-hydroxylation sites is 1. The van der Waals surface area contributed by atoms with Crippen LogP contribution in [-0.4, -0.2) is 23.2 Å². The summed E-state index contributed by atoms with van der Waals surface area (Å²) < 4.78 is 0. The fourth-order valence-corrected chi connectivity index (χ4v) is 4.64. The maximum Gasteiger partial charge on any atom is 0.237 e. The first-order valence-corrected chi connectivity index (χ1v) is 10.2. The smallest absolute Gasteiger partial charge is 0.237 e. The van der Waals surface area contributed by atoms with E-state index in [1.165, 1.54) is 35.7 Å². The van der Waals surface area contributed by atoms with Gasteiger partial charge < -0.3 is 4.90 Å². The third-order valence-electron chi connectivity index (χ3n) is 5.16. The number of nitrogens with zero attached hydrogens (tertiary/aromatic N) is 3. The molecule has 2 aromatic rings.